The van der Waals surface area contributed by atoms with Crippen LogP contribution in [0.25, 0.3) is 0 Å². The quantitative estimate of drug-likeness (QED) is 0.594. The van der Waals surface area contributed by atoms with Crippen molar-refractivity contribution in [2.75, 3.05) is 56.7 Å². The van der Waals surface area contributed by atoms with E-state index in [9.17, 15) is 9.59 Å². The van der Waals surface area contributed by atoms with Crippen molar-refractivity contribution in [2.24, 2.45) is 0 Å². The average Bonchev–Trinajstić information content (AvgIpc) is 3.66. The third kappa shape index (κ3) is 3.86. The molecule has 0 unspecified atom stereocenters. The molecule has 6 heteroatoms. The van der Waals surface area contributed by atoms with E-state index in [2.05, 4.69) is 15.1 Å². The Labute approximate surface area is 183 Å². The van der Waals surface area contributed by atoms with Gasteiger partial charge >= 0.3 is 0 Å². The lowest BCUT2D eigenvalue weighted by Crippen LogP contribution is -2.37. The van der Waals surface area contributed by atoms with Gasteiger partial charge in [-0.1, -0.05) is 24.3 Å². The van der Waals surface area contributed by atoms with Crippen LogP contribution in [0.1, 0.15) is 51.1 Å². The Kier molecular flexibility index (Phi) is 5.50. The molecule has 31 heavy (non-hydrogen) atoms. The number of ketones is 2. The standard InChI is InChI=1S/C25H29N3O3/c1-27(17-7-8-17)21-10-9-20(26-11-4-12-28-13-15-31-16-14-28)22-23(21)25(30)19-6-3-2-5-18(19)24(22)29/h2-3,5-6,9-10,17,26H,4,7-8,11-16H2,1H3. The van der Waals surface area contributed by atoms with Gasteiger partial charge in [-0.25, -0.2) is 0 Å². The predicted octanol–water partition coefficient (Wildman–Crippen LogP) is 3.19. The molecule has 0 aromatic heterocycles. The van der Waals surface area contributed by atoms with Crippen LogP contribution in [0.5, 0.6) is 0 Å². The maximum Gasteiger partial charge on any atom is 0.196 e. The Balaban J connectivity index is 1.43. The van der Waals surface area contributed by atoms with Gasteiger partial charge in [0.05, 0.1) is 24.3 Å². The molecule has 1 N–H and O–H groups in total. The fraction of sp³-hybridized carbons (Fsp3) is 0.440. The molecule has 0 radical (unpaired) electrons. The molecule has 1 aliphatic heterocycles. The number of benzene rings is 2. The molecule has 0 bridgehead atoms. The lowest BCUT2D eigenvalue weighted by atomic mass is 9.82. The lowest BCUT2D eigenvalue weighted by molar-refractivity contribution is 0.0378. The molecule has 3 aliphatic rings. The molecule has 0 spiro atoms. The number of hydrogen-bond acceptors (Lipinski definition) is 6. The minimum atomic E-state index is -0.0630. The van der Waals surface area contributed by atoms with Crippen LogP contribution in [0.3, 0.4) is 0 Å². The fourth-order valence-electron chi connectivity index (χ4n) is 4.66. The lowest BCUT2D eigenvalue weighted by Gasteiger charge is -2.28. The molecule has 0 atom stereocenters. The summed E-state index contributed by atoms with van der Waals surface area (Å²) >= 11 is 0. The average molecular weight is 420 g/mol. The fourth-order valence-corrected chi connectivity index (χ4v) is 4.66. The van der Waals surface area contributed by atoms with Gasteiger partial charge in [0, 0.05) is 55.2 Å². The van der Waals surface area contributed by atoms with Crippen molar-refractivity contribution in [2.45, 2.75) is 25.3 Å². The van der Waals surface area contributed by atoms with E-state index in [-0.39, 0.29) is 11.6 Å². The summed E-state index contributed by atoms with van der Waals surface area (Å²) in [6.45, 7) is 5.30. The van der Waals surface area contributed by atoms with Crippen molar-refractivity contribution in [1.29, 1.82) is 0 Å². The number of hydrogen-bond donors (Lipinski definition) is 1. The van der Waals surface area contributed by atoms with Crippen molar-refractivity contribution in [3.8, 4) is 0 Å². The van der Waals surface area contributed by atoms with Crippen LogP contribution < -0.4 is 10.2 Å². The summed E-state index contributed by atoms with van der Waals surface area (Å²) in [7, 11) is 2.03. The van der Waals surface area contributed by atoms with E-state index >= 15 is 0 Å². The zero-order valence-electron chi connectivity index (χ0n) is 18.0. The molecule has 2 aliphatic carbocycles. The Morgan fingerprint density at radius 3 is 2.35 bits per heavy atom. The SMILES string of the molecule is CN(c1ccc(NCCCN2CCOCC2)c2c1C(=O)c1ccccc1C2=O)C1CC1. The van der Waals surface area contributed by atoms with Crippen LogP contribution in [-0.2, 0) is 4.74 Å². The summed E-state index contributed by atoms with van der Waals surface area (Å²) in [5, 5.41) is 3.46. The normalized spacial score (nSPS) is 18.5. The van der Waals surface area contributed by atoms with Crippen molar-refractivity contribution < 1.29 is 14.3 Å². The highest BCUT2D eigenvalue weighted by molar-refractivity contribution is 6.32. The molecule has 1 saturated carbocycles. The van der Waals surface area contributed by atoms with E-state index < -0.39 is 0 Å². The topological polar surface area (TPSA) is 61.9 Å². The van der Waals surface area contributed by atoms with Gasteiger partial charge in [0.25, 0.3) is 0 Å². The van der Waals surface area contributed by atoms with Gasteiger partial charge in [-0.3, -0.25) is 14.5 Å². The molecule has 2 aromatic rings. The number of nitrogens with one attached hydrogen (secondary N) is 1. The van der Waals surface area contributed by atoms with E-state index in [4.69, 9.17) is 4.74 Å². The monoisotopic (exact) mass is 419 g/mol. The van der Waals surface area contributed by atoms with E-state index in [1.54, 1.807) is 12.1 Å². The molecule has 0 amide bonds. The molecule has 6 nitrogen and oxygen atoms in total. The van der Waals surface area contributed by atoms with Crippen LogP contribution in [-0.4, -0.2) is 68.9 Å². The summed E-state index contributed by atoms with van der Waals surface area (Å²) in [5.74, 6) is -0.114. The number of nitrogens with zero attached hydrogens (tertiary/aromatic N) is 2. The summed E-state index contributed by atoms with van der Waals surface area (Å²) in [4.78, 5) is 31.5. The van der Waals surface area contributed by atoms with Crippen LogP contribution in [0.15, 0.2) is 36.4 Å². The summed E-state index contributed by atoms with van der Waals surface area (Å²) in [6, 6.07) is 11.6. The van der Waals surface area contributed by atoms with Crippen LogP contribution in [0, 0.1) is 0 Å². The number of ether oxygens (including phenoxy) is 1. The zero-order valence-corrected chi connectivity index (χ0v) is 18.0. The maximum absolute atomic E-state index is 13.5. The van der Waals surface area contributed by atoms with Crippen molar-refractivity contribution >= 4 is 22.9 Å². The maximum atomic E-state index is 13.5. The van der Waals surface area contributed by atoms with Crippen molar-refractivity contribution in [3.63, 3.8) is 0 Å². The number of anilines is 2. The molecule has 1 saturated heterocycles. The van der Waals surface area contributed by atoms with Crippen molar-refractivity contribution in [1.82, 2.24) is 4.90 Å². The highest BCUT2D eigenvalue weighted by atomic mass is 16.5. The van der Waals surface area contributed by atoms with Crippen LogP contribution in [0.4, 0.5) is 11.4 Å². The van der Waals surface area contributed by atoms with Gasteiger partial charge in [0.15, 0.2) is 11.6 Å². The second kappa shape index (κ2) is 8.44. The number of morpholine rings is 1. The van der Waals surface area contributed by atoms with Gasteiger partial charge in [-0.15, -0.1) is 0 Å². The highest BCUT2D eigenvalue weighted by Gasteiger charge is 2.37. The Hall–Kier alpha value is -2.70. The third-order valence-electron chi connectivity index (χ3n) is 6.60. The van der Waals surface area contributed by atoms with Crippen LogP contribution >= 0.6 is 0 Å². The van der Waals surface area contributed by atoms with E-state index in [0.29, 0.717) is 28.3 Å². The summed E-state index contributed by atoms with van der Waals surface area (Å²) < 4.78 is 5.41. The first-order chi connectivity index (χ1) is 15.1. The van der Waals surface area contributed by atoms with Crippen LogP contribution in [0.2, 0.25) is 0 Å². The van der Waals surface area contributed by atoms with Gasteiger partial charge in [0.2, 0.25) is 0 Å². The van der Waals surface area contributed by atoms with Gasteiger partial charge in [-0.2, -0.15) is 0 Å². The number of rotatable bonds is 7. The summed E-state index contributed by atoms with van der Waals surface area (Å²) in [5.41, 5.74) is 3.72. The second-order valence-corrected chi connectivity index (χ2v) is 8.66. The summed E-state index contributed by atoms with van der Waals surface area (Å²) in [6.07, 6.45) is 3.23. The van der Waals surface area contributed by atoms with Gasteiger partial charge in [0.1, 0.15) is 0 Å². The zero-order chi connectivity index (χ0) is 21.4. The van der Waals surface area contributed by atoms with Gasteiger partial charge < -0.3 is 15.0 Å². The molecular formula is C25H29N3O3. The molecular weight excluding hydrogens is 390 g/mol. The number of fused-ring (bicyclic) bond motifs is 2. The first-order valence-electron chi connectivity index (χ1n) is 11.3. The molecule has 5 rings (SSSR count). The van der Waals surface area contributed by atoms with Crippen molar-refractivity contribution in [3.05, 3.63) is 58.7 Å². The van der Waals surface area contributed by atoms with E-state index in [1.807, 2.05) is 31.3 Å². The molecule has 2 fully saturated rings. The first kappa shape index (κ1) is 20.2. The Bertz CT molecular complexity index is 1010. The Morgan fingerprint density at radius 1 is 1.00 bits per heavy atom. The Morgan fingerprint density at radius 2 is 1.68 bits per heavy atom. The van der Waals surface area contributed by atoms with E-state index in [1.165, 1.54) is 0 Å². The third-order valence-corrected chi connectivity index (χ3v) is 6.60. The first-order valence-corrected chi connectivity index (χ1v) is 11.3. The number of carbonyl (C=O) groups excluding carboxylic acids is 2. The minimum Gasteiger partial charge on any atom is -0.384 e. The molecule has 1 heterocycles. The van der Waals surface area contributed by atoms with Gasteiger partial charge in [-0.05, 0) is 37.9 Å². The molecule has 2 aromatic carbocycles. The van der Waals surface area contributed by atoms with E-state index in [0.717, 1.165) is 70.0 Å². The minimum absolute atomic E-state index is 0.0512. The smallest absolute Gasteiger partial charge is 0.196 e. The largest absolute Gasteiger partial charge is 0.384 e. The molecule has 162 valence electrons. The number of carbonyl (C=O) groups is 2. The second-order valence-electron chi connectivity index (χ2n) is 8.66. The highest BCUT2D eigenvalue weighted by Crippen LogP contribution is 2.40. The predicted molar refractivity (Wildman–Crippen MR) is 122 cm³/mol.